The number of aryl methyl sites for hydroxylation is 1. The van der Waals surface area contributed by atoms with Gasteiger partial charge >= 0.3 is 0 Å². The minimum atomic E-state index is -4.20. The third kappa shape index (κ3) is 6.45. The number of rotatable bonds is 12. The normalized spacial score (nSPS) is 11.0. The number of amides is 1. The first-order chi connectivity index (χ1) is 17.3. The number of methoxy groups -OCH3 is 3. The molecule has 192 valence electrons. The molecule has 3 rings (SSSR count). The average molecular weight is 517 g/mol. The van der Waals surface area contributed by atoms with Gasteiger partial charge in [-0.1, -0.05) is 18.2 Å². The van der Waals surface area contributed by atoms with Crippen LogP contribution in [0.5, 0.6) is 17.2 Å². The lowest BCUT2D eigenvalue weighted by Crippen LogP contribution is -2.41. The highest BCUT2D eigenvalue weighted by Crippen LogP contribution is 2.32. The van der Waals surface area contributed by atoms with E-state index in [0.717, 1.165) is 27.8 Å². The van der Waals surface area contributed by atoms with Crippen LogP contribution in [0.25, 0.3) is 0 Å². The second-order valence-electron chi connectivity index (χ2n) is 7.77. The van der Waals surface area contributed by atoms with E-state index in [-0.39, 0.29) is 16.3 Å². The van der Waals surface area contributed by atoms with Gasteiger partial charge in [0.25, 0.3) is 10.0 Å². The minimum Gasteiger partial charge on any atom is -0.496 e. The van der Waals surface area contributed by atoms with E-state index in [0.29, 0.717) is 25.1 Å². The summed E-state index contributed by atoms with van der Waals surface area (Å²) < 4.78 is 57.3. The van der Waals surface area contributed by atoms with Gasteiger partial charge in [-0.25, -0.2) is 12.8 Å². The molecule has 0 saturated heterocycles. The number of hydrogen-bond donors (Lipinski definition) is 1. The van der Waals surface area contributed by atoms with Crippen molar-refractivity contribution in [1.29, 1.82) is 0 Å². The molecule has 1 amide bonds. The Labute approximate surface area is 210 Å². The van der Waals surface area contributed by atoms with Gasteiger partial charge < -0.3 is 19.5 Å². The van der Waals surface area contributed by atoms with Crippen LogP contribution >= 0.6 is 0 Å². The van der Waals surface area contributed by atoms with Crippen molar-refractivity contribution >= 4 is 21.6 Å². The number of carbonyl (C=O) groups excluding carboxylic acids is 1. The number of carbonyl (C=O) groups is 1. The molecular formula is C26H29FN2O6S. The van der Waals surface area contributed by atoms with Gasteiger partial charge in [-0.05, 0) is 60.9 Å². The molecule has 0 unspecified atom stereocenters. The summed E-state index contributed by atoms with van der Waals surface area (Å²) in [6.45, 7) is -0.151. The maximum atomic E-state index is 13.5. The third-order valence-electron chi connectivity index (χ3n) is 5.48. The molecule has 0 bridgehead atoms. The number of nitrogens with one attached hydrogen (secondary N) is 1. The zero-order chi connectivity index (χ0) is 26.1. The monoisotopic (exact) mass is 516 g/mol. The first kappa shape index (κ1) is 26.8. The Morgan fingerprint density at radius 2 is 1.56 bits per heavy atom. The van der Waals surface area contributed by atoms with Gasteiger partial charge in [0, 0.05) is 12.6 Å². The zero-order valence-corrected chi connectivity index (χ0v) is 21.2. The van der Waals surface area contributed by atoms with Gasteiger partial charge in [0.05, 0.1) is 31.9 Å². The van der Waals surface area contributed by atoms with E-state index in [2.05, 4.69) is 5.32 Å². The Hall–Kier alpha value is -3.79. The van der Waals surface area contributed by atoms with Crippen LogP contribution in [-0.4, -0.2) is 48.7 Å². The number of anilines is 1. The molecule has 0 aliphatic rings. The van der Waals surface area contributed by atoms with Crippen LogP contribution < -0.4 is 23.8 Å². The van der Waals surface area contributed by atoms with Crippen molar-refractivity contribution < 1.29 is 31.8 Å². The van der Waals surface area contributed by atoms with Crippen molar-refractivity contribution in [1.82, 2.24) is 5.32 Å². The van der Waals surface area contributed by atoms with E-state index < -0.39 is 28.3 Å². The van der Waals surface area contributed by atoms with Crippen LogP contribution in [-0.2, 0) is 21.2 Å². The molecule has 0 aliphatic heterocycles. The fraction of sp³-hybridized carbons (Fsp3) is 0.269. The van der Waals surface area contributed by atoms with Crippen molar-refractivity contribution in [2.45, 2.75) is 17.7 Å². The van der Waals surface area contributed by atoms with Gasteiger partial charge in [-0.2, -0.15) is 0 Å². The molecule has 0 radical (unpaired) electrons. The molecule has 0 aliphatic carbocycles. The molecule has 8 nitrogen and oxygen atoms in total. The van der Waals surface area contributed by atoms with Crippen molar-refractivity contribution in [3.05, 3.63) is 78.1 Å². The molecule has 0 saturated carbocycles. The molecule has 10 heteroatoms. The Bertz CT molecular complexity index is 1280. The summed E-state index contributed by atoms with van der Waals surface area (Å²) in [5.41, 5.74) is 1.16. The van der Waals surface area contributed by atoms with Crippen molar-refractivity contribution in [3.8, 4) is 17.2 Å². The molecule has 0 fully saturated rings. The highest BCUT2D eigenvalue weighted by Gasteiger charge is 2.28. The Balaban J connectivity index is 1.76. The van der Waals surface area contributed by atoms with Crippen LogP contribution in [0.3, 0.4) is 0 Å². The number of para-hydroxylation sites is 1. The lowest BCUT2D eigenvalue weighted by molar-refractivity contribution is -0.119. The quantitative estimate of drug-likeness (QED) is 0.368. The lowest BCUT2D eigenvalue weighted by Gasteiger charge is -2.24. The zero-order valence-electron chi connectivity index (χ0n) is 20.4. The summed E-state index contributed by atoms with van der Waals surface area (Å²) in [5, 5.41) is 2.76. The predicted molar refractivity (Wildman–Crippen MR) is 135 cm³/mol. The summed E-state index contributed by atoms with van der Waals surface area (Å²) in [5.74, 6) is 0.328. The van der Waals surface area contributed by atoms with Crippen LogP contribution in [0.1, 0.15) is 12.0 Å². The largest absolute Gasteiger partial charge is 0.496 e. The molecule has 3 aromatic carbocycles. The van der Waals surface area contributed by atoms with E-state index in [1.807, 2.05) is 24.3 Å². The average Bonchev–Trinajstić information content (AvgIpc) is 2.90. The van der Waals surface area contributed by atoms with Crippen molar-refractivity contribution in [3.63, 3.8) is 0 Å². The molecule has 0 heterocycles. The number of ether oxygens (including phenoxy) is 3. The third-order valence-corrected chi connectivity index (χ3v) is 7.25. The maximum Gasteiger partial charge on any atom is 0.264 e. The lowest BCUT2D eigenvalue weighted by atomic mass is 10.1. The van der Waals surface area contributed by atoms with E-state index in [1.165, 1.54) is 44.6 Å². The number of sulfonamides is 1. The number of nitrogens with zero attached hydrogens (tertiary/aromatic N) is 1. The molecule has 1 N–H and O–H groups in total. The molecule has 3 aromatic rings. The molecule has 36 heavy (non-hydrogen) atoms. The van der Waals surface area contributed by atoms with Crippen molar-refractivity contribution in [2.24, 2.45) is 0 Å². The SMILES string of the molecule is COc1ccccc1CCCNC(=O)CN(c1ccc(F)cc1)S(=O)(=O)c1ccc(OC)c(OC)c1. The number of hydrogen-bond acceptors (Lipinski definition) is 6. The van der Waals surface area contributed by atoms with Gasteiger partial charge in [-0.15, -0.1) is 0 Å². The second-order valence-corrected chi connectivity index (χ2v) is 9.63. The summed E-state index contributed by atoms with van der Waals surface area (Å²) >= 11 is 0. The van der Waals surface area contributed by atoms with Gasteiger partial charge in [0.1, 0.15) is 18.1 Å². The standard InChI is InChI=1S/C26H29FN2O6S/c1-33-23-9-5-4-7-19(23)8-6-16-28-26(30)18-29(21-12-10-20(27)11-13-21)36(31,32)22-14-15-24(34-2)25(17-22)35-3/h4-5,7,9-15,17H,6,8,16,18H2,1-3H3,(H,28,30). The summed E-state index contributed by atoms with van der Waals surface area (Å²) in [6, 6.07) is 16.6. The first-order valence-corrected chi connectivity index (χ1v) is 12.6. The highest BCUT2D eigenvalue weighted by atomic mass is 32.2. The van der Waals surface area contributed by atoms with Crippen molar-refractivity contribution in [2.75, 3.05) is 38.7 Å². The highest BCUT2D eigenvalue weighted by molar-refractivity contribution is 7.92. The Morgan fingerprint density at radius 1 is 0.889 bits per heavy atom. The molecule has 0 spiro atoms. The van der Waals surface area contributed by atoms with Gasteiger partial charge in [-0.3, -0.25) is 9.10 Å². The first-order valence-electron chi connectivity index (χ1n) is 11.2. The van der Waals surface area contributed by atoms with E-state index in [9.17, 15) is 17.6 Å². The Morgan fingerprint density at radius 3 is 2.22 bits per heavy atom. The van der Waals surface area contributed by atoms with Crippen LogP contribution in [0.4, 0.5) is 10.1 Å². The minimum absolute atomic E-state index is 0.103. The van der Waals surface area contributed by atoms with Crippen LogP contribution in [0.15, 0.2) is 71.6 Å². The van der Waals surface area contributed by atoms with Gasteiger partial charge in [0.15, 0.2) is 11.5 Å². The predicted octanol–water partition coefficient (Wildman–Crippen LogP) is 3.80. The molecule has 0 aromatic heterocycles. The maximum absolute atomic E-state index is 13.5. The summed E-state index contributed by atoms with van der Waals surface area (Å²) in [7, 11) is 0.229. The number of benzene rings is 3. The summed E-state index contributed by atoms with van der Waals surface area (Å²) in [4.78, 5) is 12.7. The van der Waals surface area contributed by atoms with Gasteiger partial charge in [0.2, 0.25) is 5.91 Å². The molecular weight excluding hydrogens is 487 g/mol. The summed E-state index contributed by atoms with van der Waals surface area (Å²) in [6.07, 6.45) is 1.31. The number of halogens is 1. The smallest absolute Gasteiger partial charge is 0.264 e. The topological polar surface area (TPSA) is 94.2 Å². The van der Waals surface area contributed by atoms with Crippen LogP contribution in [0.2, 0.25) is 0 Å². The van der Waals surface area contributed by atoms with E-state index in [4.69, 9.17) is 14.2 Å². The van der Waals surface area contributed by atoms with Crippen LogP contribution in [0, 0.1) is 5.82 Å². The fourth-order valence-corrected chi connectivity index (χ4v) is 5.07. The fourth-order valence-electron chi connectivity index (χ4n) is 3.63. The Kier molecular flexibility index (Phi) is 9.13. The molecule has 0 atom stereocenters. The van der Waals surface area contributed by atoms with E-state index >= 15 is 0 Å². The van der Waals surface area contributed by atoms with E-state index in [1.54, 1.807) is 7.11 Å². The second kappa shape index (κ2) is 12.3.